The standard InChI is InChI=1S/C27H24BNO3/c1-26(2)27(3,4)32-28(31-26)22-16-18-11-6-8-14-20(18)24-23(22)29-25(30-24)21-15-9-12-17-10-5-7-13-19(17)21/h5-16H,1-4H3. The second-order valence-electron chi connectivity index (χ2n) is 9.50. The van der Waals surface area contributed by atoms with Crippen molar-refractivity contribution >= 4 is 45.2 Å². The highest BCUT2D eigenvalue weighted by molar-refractivity contribution is 6.65. The Morgan fingerprint density at radius 1 is 0.719 bits per heavy atom. The van der Waals surface area contributed by atoms with Gasteiger partial charge in [-0.15, -0.1) is 0 Å². The van der Waals surface area contributed by atoms with E-state index in [2.05, 4.69) is 70.2 Å². The van der Waals surface area contributed by atoms with Crippen LogP contribution in [0.3, 0.4) is 0 Å². The van der Waals surface area contributed by atoms with Crippen LogP contribution in [0.15, 0.2) is 77.2 Å². The summed E-state index contributed by atoms with van der Waals surface area (Å²) in [7, 11) is -0.516. The first-order valence-corrected chi connectivity index (χ1v) is 11.0. The summed E-state index contributed by atoms with van der Waals surface area (Å²) < 4.78 is 19.2. The SMILES string of the molecule is CC1(C)OB(c2cc3ccccc3c3oc(-c4cccc5ccccc45)nc23)OC1(C)C. The van der Waals surface area contributed by atoms with Gasteiger partial charge in [-0.2, -0.15) is 0 Å². The van der Waals surface area contributed by atoms with Gasteiger partial charge >= 0.3 is 7.12 Å². The molecule has 5 aromatic rings. The van der Waals surface area contributed by atoms with Crippen molar-refractivity contribution in [3.63, 3.8) is 0 Å². The van der Waals surface area contributed by atoms with Crippen LogP contribution in [0.4, 0.5) is 0 Å². The lowest BCUT2D eigenvalue weighted by Crippen LogP contribution is -2.41. The van der Waals surface area contributed by atoms with E-state index in [1.807, 2.05) is 30.3 Å². The number of rotatable bonds is 2. The molecule has 0 atom stereocenters. The van der Waals surface area contributed by atoms with Crippen LogP contribution in [-0.4, -0.2) is 23.3 Å². The number of benzene rings is 4. The lowest BCUT2D eigenvalue weighted by Gasteiger charge is -2.32. The average Bonchev–Trinajstić information content (AvgIpc) is 3.31. The molecule has 5 heteroatoms. The summed E-state index contributed by atoms with van der Waals surface area (Å²) in [5.41, 5.74) is 2.55. The van der Waals surface area contributed by atoms with Crippen molar-refractivity contribution in [2.24, 2.45) is 0 Å². The number of hydrogen-bond donors (Lipinski definition) is 0. The number of nitrogens with zero attached hydrogens (tertiary/aromatic N) is 1. The Kier molecular flexibility index (Phi) is 4.08. The van der Waals surface area contributed by atoms with Crippen LogP contribution < -0.4 is 5.46 Å². The molecule has 4 nitrogen and oxygen atoms in total. The molecule has 1 saturated heterocycles. The largest absolute Gasteiger partial charge is 0.497 e. The van der Waals surface area contributed by atoms with Crippen LogP contribution in [0.25, 0.3) is 44.1 Å². The third-order valence-electron chi connectivity index (χ3n) is 6.94. The van der Waals surface area contributed by atoms with Gasteiger partial charge in [0.2, 0.25) is 5.89 Å². The van der Waals surface area contributed by atoms with Gasteiger partial charge in [-0.1, -0.05) is 66.7 Å². The smallest absolute Gasteiger partial charge is 0.435 e. The van der Waals surface area contributed by atoms with E-state index in [0.717, 1.165) is 43.7 Å². The third kappa shape index (κ3) is 2.82. The van der Waals surface area contributed by atoms with Crippen molar-refractivity contribution in [1.82, 2.24) is 4.98 Å². The van der Waals surface area contributed by atoms with E-state index in [9.17, 15) is 0 Å². The zero-order valence-corrected chi connectivity index (χ0v) is 18.7. The Morgan fingerprint density at radius 2 is 1.34 bits per heavy atom. The van der Waals surface area contributed by atoms with Gasteiger partial charge in [0.05, 0.1) is 11.2 Å². The van der Waals surface area contributed by atoms with Crippen LogP contribution in [0, 0.1) is 0 Å². The van der Waals surface area contributed by atoms with Crippen molar-refractivity contribution in [3.8, 4) is 11.5 Å². The average molecular weight is 421 g/mol. The lowest BCUT2D eigenvalue weighted by atomic mass is 9.77. The fraction of sp³-hybridized carbons (Fsp3) is 0.222. The molecule has 158 valence electrons. The van der Waals surface area contributed by atoms with Crippen molar-refractivity contribution in [1.29, 1.82) is 0 Å². The molecule has 6 rings (SSSR count). The quantitative estimate of drug-likeness (QED) is 0.323. The molecule has 4 aromatic carbocycles. The fourth-order valence-electron chi connectivity index (χ4n) is 4.44. The number of aromatic nitrogens is 1. The molecule has 0 radical (unpaired) electrons. The van der Waals surface area contributed by atoms with Gasteiger partial charge in [-0.05, 0) is 49.9 Å². The van der Waals surface area contributed by atoms with Gasteiger partial charge in [0.15, 0.2) is 5.58 Å². The molecule has 1 aliphatic rings. The monoisotopic (exact) mass is 421 g/mol. The molecular formula is C27H24BNO3. The fourth-order valence-corrected chi connectivity index (χ4v) is 4.44. The summed E-state index contributed by atoms with van der Waals surface area (Å²) in [5.74, 6) is 0.603. The highest BCUT2D eigenvalue weighted by Gasteiger charge is 2.52. The Morgan fingerprint density at radius 3 is 2.09 bits per heavy atom. The maximum atomic E-state index is 6.46. The van der Waals surface area contributed by atoms with E-state index in [1.165, 1.54) is 0 Å². The molecule has 0 spiro atoms. The van der Waals surface area contributed by atoms with Gasteiger partial charge in [0, 0.05) is 16.4 Å². The van der Waals surface area contributed by atoms with Gasteiger partial charge in [0.25, 0.3) is 0 Å². The second-order valence-corrected chi connectivity index (χ2v) is 9.50. The van der Waals surface area contributed by atoms with Crippen LogP contribution in [0.5, 0.6) is 0 Å². The first kappa shape index (κ1) is 19.5. The first-order chi connectivity index (χ1) is 15.3. The van der Waals surface area contributed by atoms with Gasteiger partial charge in [-0.25, -0.2) is 4.98 Å². The zero-order chi connectivity index (χ0) is 22.1. The predicted molar refractivity (Wildman–Crippen MR) is 130 cm³/mol. The highest BCUT2D eigenvalue weighted by Crippen LogP contribution is 2.38. The molecule has 0 aliphatic carbocycles. The minimum absolute atomic E-state index is 0.433. The Bertz CT molecular complexity index is 1480. The summed E-state index contributed by atoms with van der Waals surface area (Å²) in [6.07, 6.45) is 0. The van der Waals surface area contributed by atoms with E-state index >= 15 is 0 Å². The van der Waals surface area contributed by atoms with Gasteiger partial charge < -0.3 is 13.7 Å². The topological polar surface area (TPSA) is 44.5 Å². The van der Waals surface area contributed by atoms with Crippen molar-refractivity contribution in [2.45, 2.75) is 38.9 Å². The van der Waals surface area contributed by atoms with Gasteiger partial charge in [-0.3, -0.25) is 0 Å². The van der Waals surface area contributed by atoms with Crippen LogP contribution in [0.2, 0.25) is 0 Å². The molecule has 0 saturated carbocycles. The molecule has 1 aromatic heterocycles. The van der Waals surface area contributed by atoms with E-state index < -0.39 is 18.3 Å². The molecule has 1 fully saturated rings. The second kappa shape index (κ2) is 6.68. The van der Waals surface area contributed by atoms with Crippen LogP contribution in [-0.2, 0) is 9.31 Å². The minimum Gasteiger partial charge on any atom is -0.435 e. The Labute approximate surface area is 187 Å². The van der Waals surface area contributed by atoms with Crippen molar-refractivity contribution < 1.29 is 13.7 Å². The summed E-state index contributed by atoms with van der Waals surface area (Å²) >= 11 is 0. The highest BCUT2D eigenvalue weighted by atomic mass is 16.7. The molecule has 1 aliphatic heterocycles. The van der Waals surface area contributed by atoms with E-state index in [4.69, 9.17) is 18.7 Å². The molecule has 0 N–H and O–H groups in total. The molecule has 2 heterocycles. The number of oxazole rings is 1. The van der Waals surface area contributed by atoms with Crippen molar-refractivity contribution in [3.05, 3.63) is 72.8 Å². The van der Waals surface area contributed by atoms with Crippen LogP contribution >= 0.6 is 0 Å². The summed E-state index contributed by atoms with van der Waals surface area (Å²) in [4.78, 5) is 5.00. The summed E-state index contributed by atoms with van der Waals surface area (Å²) in [6.45, 7) is 8.26. The van der Waals surface area contributed by atoms with E-state index in [0.29, 0.717) is 5.89 Å². The Balaban J connectivity index is 1.62. The molecule has 0 amide bonds. The normalized spacial score (nSPS) is 17.6. The van der Waals surface area contributed by atoms with E-state index in [-0.39, 0.29) is 0 Å². The minimum atomic E-state index is -0.516. The molecule has 0 unspecified atom stereocenters. The predicted octanol–water partition coefficient (Wildman–Crippen LogP) is 6.10. The number of fused-ring (bicyclic) bond motifs is 4. The summed E-state index contributed by atoms with van der Waals surface area (Å²) in [5, 5.41) is 4.37. The molecule has 32 heavy (non-hydrogen) atoms. The number of hydrogen-bond acceptors (Lipinski definition) is 4. The maximum absolute atomic E-state index is 6.46. The molecule has 0 bridgehead atoms. The zero-order valence-electron chi connectivity index (χ0n) is 18.7. The lowest BCUT2D eigenvalue weighted by molar-refractivity contribution is 0.00578. The maximum Gasteiger partial charge on any atom is 0.497 e. The van der Waals surface area contributed by atoms with Gasteiger partial charge in [0.1, 0.15) is 5.52 Å². The van der Waals surface area contributed by atoms with E-state index in [1.54, 1.807) is 0 Å². The van der Waals surface area contributed by atoms with Crippen LogP contribution in [0.1, 0.15) is 27.7 Å². The Hall–Kier alpha value is -3.15. The van der Waals surface area contributed by atoms with Crippen molar-refractivity contribution in [2.75, 3.05) is 0 Å². The molecular weight excluding hydrogens is 397 g/mol. The first-order valence-electron chi connectivity index (χ1n) is 11.0. The third-order valence-corrected chi connectivity index (χ3v) is 6.94. The summed E-state index contributed by atoms with van der Waals surface area (Å²) in [6, 6.07) is 24.8.